The van der Waals surface area contributed by atoms with Crippen molar-refractivity contribution in [3.05, 3.63) is 20.8 Å². The molecule has 1 fully saturated rings. The second-order valence-corrected chi connectivity index (χ2v) is 7.42. The van der Waals surface area contributed by atoms with Crippen LogP contribution in [0.25, 0.3) is 0 Å². The largest absolute Gasteiger partial charge is 0.341 e. The summed E-state index contributed by atoms with van der Waals surface area (Å²) in [6.07, 6.45) is 1.65. The van der Waals surface area contributed by atoms with Crippen LogP contribution in [0.3, 0.4) is 0 Å². The summed E-state index contributed by atoms with van der Waals surface area (Å²) >= 11 is 4.66. The zero-order valence-electron chi connectivity index (χ0n) is 11.3. The molecular weight excluding hydrogens is 342 g/mol. The van der Waals surface area contributed by atoms with Crippen LogP contribution in [0, 0.1) is 0 Å². The first-order chi connectivity index (χ1) is 9.47. The highest BCUT2D eigenvalue weighted by molar-refractivity contribution is 9.11. The molecule has 110 valence electrons. The summed E-state index contributed by atoms with van der Waals surface area (Å²) in [7, 11) is 0. The first-order valence-electron chi connectivity index (χ1n) is 6.58. The summed E-state index contributed by atoms with van der Waals surface area (Å²) in [6.45, 7) is 3.06. The van der Waals surface area contributed by atoms with Crippen molar-refractivity contribution in [1.29, 1.82) is 0 Å². The van der Waals surface area contributed by atoms with Gasteiger partial charge in [0.25, 0.3) is 5.91 Å². The van der Waals surface area contributed by atoms with Crippen LogP contribution in [0.5, 0.6) is 0 Å². The van der Waals surface area contributed by atoms with Crippen molar-refractivity contribution in [2.45, 2.75) is 31.8 Å². The minimum Gasteiger partial charge on any atom is -0.341 e. The zero-order chi connectivity index (χ0) is 14.7. The van der Waals surface area contributed by atoms with E-state index in [1.165, 1.54) is 11.3 Å². The number of nitrogens with one attached hydrogen (secondary N) is 1. The molecule has 1 atom stereocenters. The first-order valence-corrected chi connectivity index (χ1v) is 8.19. The van der Waals surface area contributed by atoms with E-state index < -0.39 is 6.04 Å². The van der Waals surface area contributed by atoms with Crippen LogP contribution in [-0.4, -0.2) is 41.9 Å². The molecule has 0 bridgehead atoms. The van der Waals surface area contributed by atoms with E-state index in [9.17, 15) is 9.59 Å². The number of carbonyl (C=O) groups is 2. The molecule has 0 radical (unpaired) electrons. The molecule has 2 rings (SSSR count). The average Bonchev–Trinajstić information content (AvgIpc) is 2.85. The number of carbonyl (C=O) groups excluding carboxylic acids is 2. The van der Waals surface area contributed by atoms with Gasteiger partial charge in [-0.2, -0.15) is 0 Å². The van der Waals surface area contributed by atoms with Crippen LogP contribution < -0.4 is 11.1 Å². The third-order valence-corrected chi connectivity index (χ3v) is 4.99. The van der Waals surface area contributed by atoms with Gasteiger partial charge in [0.05, 0.1) is 8.66 Å². The lowest BCUT2D eigenvalue weighted by atomic mass is 10.1. The fourth-order valence-corrected chi connectivity index (χ4v) is 3.45. The maximum atomic E-state index is 12.2. The summed E-state index contributed by atoms with van der Waals surface area (Å²) in [4.78, 5) is 26.6. The van der Waals surface area contributed by atoms with Crippen molar-refractivity contribution in [2.75, 3.05) is 13.1 Å². The highest BCUT2D eigenvalue weighted by Crippen LogP contribution is 2.22. The topological polar surface area (TPSA) is 75.4 Å². The van der Waals surface area contributed by atoms with Crippen LogP contribution in [0.1, 0.15) is 29.4 Å². The number of nitrogens with two attached hydrogens (primary N) is 1. The number of likely N-dealkylation sites (tertiary alicyclic amines) is 1. The minimum absolute atomic E-state index is 0.0409. The number of rotatable bonds is 3. The Balaban J connectivity index is 1.89. The van der Waals surface area contributed by atoms with Gasteiger partial charge in [0.15, 0.2) is 0 Å². The molecule has 7 heteroatoms. The van der Waals surface area contributed by atoms with E-state index >= 15 is 0 Å². The normalized spacial score (nSPS) is 17.9. The number of thiophene rings is 1. The molecule has 1 aromatic heterocycles. The molecule has 1 aliphatic rings. The molecule has 5 nitrogen and oxygen atoms in total. The fourth-order valence-electron chi connectivity index (χ4n) is 2.16. The van der Waals surface area contributed by atoms with E-state index in [4.69, 9.17) is 5.73 Å². The Labute approximate surface area is 130 Å². The molecule has 0 aliphatic carbocycles. The Morgan fingerprint density at radius 1 is 1.45 bits per heavy atom. The van der Waals surface area contributed by atoms with E-state index in [0.717, 1.165) is 16.6 Å². The molecule has 0 saturated carbocycles. The molecule has 3 N–H and O–H groups in total. The van der Waals surface area contributed by atoms with E-state index in [2.05, 4.69) is 21.2 Å². The molecule has 0 spiro atoms. The van der Waals surface area contributed by atoms with Gasteiger partial charge < -0.3 is 16.0 Å². The molecule has 0 aromatic carbocycles. The van der Waals surface area contributed by atoms with Crippen molar-refractivity contribution in [2.24, 2.45) is 5.73 Å². The number of hydrogen-bond donors (Lipinski definition) is 2. The van der Waals surface area contributed by atoms with Crippen molar-refractivity contribution in [3.8, 4) is 0 Å². The van der Waals surface area contributed by atoms with Gasteiger partial charge >= 0.3 is 0 Å². The minimum atomic E-state index is -0.516. The van der Waals surface area contributed by atoms with Crippen LogP contribution >= 0.6 is 27.3 Å². The van der Waals surface area contributed by atoms with Gasteiger partial charge in [0.2, 0.25) is 5.91 Å². The Morgan fingerprint density at radius 2 is 2.10 bits per heavy atom. The Kier molecular flexibility index (Phi) is 5.17. The van der Waals surface area contributed by atoms with Crippen LogP contribution in [0.15, 0.2) is 15.9 Å². The summed E-state index contributed by atoms with van der Waals surface area (Å²) < 4.78 is 0.895. The first kappa shape index (κ1) is 15.5. The summed E-state index contributed by atoms with van der Waals surface area (Å²) in [6, 6.07) is 3.23. The maximum absolute atomic E-state index is 12.2. The van der Waals surface area contributed by atoms with Gasteiger partial charge in [-0.15, -0.1) is 11.3 Å². The third-order valence-electron chi connectivity index (χ3n) is 3.37. The molecule has 2 heterocycles. The number of amides is 2. The molecule has 1 saturated heterocycles. The van der Waals surface area contributed by atoms with E-state index in [1.54, 1.807) is 17.9 Å². The van der Waals surface area contributed by atoms with Crippen molar-refractivity contribution in [1.82, 2.24) is 10.2 Å². The Hall–Kier alpha value is -0.920. The van der Waals surface area contributed by atoms with Crippen molar-refractivity contribution < 1.29 is 9.59 Å². The SMILES string of the molecule is CC(NC(=O)c1ccc(Br)s1)C(=O)N1CCC(N)CC1. The Morgan fingerprint density at radius 3 is 2.65 bits per heavy atom. The predicted molar refractivity (Wildman–Crippen MR) is 82.7 cm³/mol. The van der Waals surface area contributed by atoms with E-state index in [-0.39, 0.29) is 17.9 Å². The van der Waals surface area contributed by atoms with Gasteiger partial charge in [0.1, 0.15) is 6.04 Å². The van der Waals surface area contributed by atoms with Crippen LogP contribution in [0.2, 0.25) is 0 Å². The number of hydrogen-bond acceptors (Lipinski definition) is 4. The van der Waals surface area contributed by atoms with Crippen molar-refractivity contribution in [3.63, 3.8) is 0 Å². The van der Waals surface area contributed by atoms with Gasteiger partial charge in [-0.3, -0.25) is 9.59 Å². The standard InChI is InChI=1S/C13H18BrN3O2S/c1-8(13(19)17-6-4-9(15)5-7-17)16-12(18)10-2-3-11(14)20-10/h2-3,8-9H,4-7,15H2,1H3,(H,16,18). The predicted octanol–water partition coefficient (Wildman–Crippen LogP) is 1.58. The lowest BCUT2D eigenvalue weighted by Crippen LogP contribution is -2.50. The number of halogens is 1. The van der Waals surface area contributed by atoms with E-state index in [0.29, 0.717) is 18.0 Å². The molecule has 2 amide bonds. The van der Waals surface area contributed by atoms with Gasteiger partial charge in [-0.05, 0) is 47.8 Å². The summed E-state index contributed by atoms with van der Waals surface area (Å²) in [5.74, 6) is -0.254. The van der Waals surface area contributed by atoms with Crippen LogP contribution in [-0.2, 0) is 4.79 Å². The average molecular weight is 360 g/mol. The molecule has 20 heavy (non-hydrogen) atoms. The Bertz CT molecular complexity index is 498. The maximum Gasteiger partial charge on any atom is 0.262 e. The monoisotopic (exact) mass is 359 g/mol. The highest BCUT2D eigenvalue weighted by atomic mass is 79.9. The zero-order valence-corrected chi connectivity index (χ0v) is 13.7. The number of nitrogens with zero attached hydrogens (tertiary/aromatic N) is 1. The quantitative estimate of drug-likeness (QED) is 0.859. The third kappa shape index (κ3) is 3.80. The molecule has 1 aliphatic heterocycles. The molecule has 1 unspecified atom stereocenters. The summed E-state index contributed by atoms with van der Waals surface area (Å²) in [5, 5.41) is 2.75. The fraction of sp³-hybridized carbons (Fsp3) is 0.538. The van der Waals surface area contributed by atoms with Crippen molar-refractivity contribution >= 4 is 39.1 Å². The van der Waals surface area contributed by atoms with Gasteiger partial charge in [-0.25, -0.2) is 0 Å². The lowest BCUT2D eigenvalue weighted by Gasteiger charge is -2.32. The van der Waals surface area contributed by atoms with Crippen LogP contribution in [0.4, 0.5) is 0 Å². The molecular formula is C13H18BrN3O2S. The smallest absolute Gasteiger partial charge is 0.262 e. The van der Waals surface area contributed by atoms with Gasteiger partial charge in [0, 0.05) is 19.1 Å². The second kappa shape index (κ2) is 6.69. The lowest BCUT2D eigenvalue weighted by molar-refractivity contribution is -0.133. The highest BCUT2D eigenvalue weighted by Gasteiger charge is 2.26. The van der Waals surface area contributed by atoms with Gasteiger partial charge in [-0.1, -0.05) is 0 Å². The van der Waals surface area contributed by atoms with E-state index in [1.807, 2.05) is 6.07 Å². The molecule has 1 aromatic rings. The summed E-state index contributed by atoms with van der Waals surface area (Å²) in [5.41, 5.74) is 5.82. The second-order valence-electron chi connectivity index (χ2n) is 4.96. The number of piperidine rings is 1.